The van der Waals surface area contributed by atoms with Gasteiger partial charge in [-0.25, -0.2) is 4.39 Å². The van der Waals surface area contributed by atoms with Crippen LogP contribution in [0.1, 0.15) is 11.1 Å². The molecule has 0 bridgehead atoms. The zero-order valence-corrected chi connectivity index (χ0v) is 15.8. The molecule has 3 rings (SSSR count). The maximum atomic E-state index is 13.0. The van der Waals surface area contributed by atoms with E-state index in [9.17, 15) is 4.39 Å². The summed E-state index contributed by atoms with van der Waals surface area (Å²) < 4.78 is 14.3. The zero-order valence-electron chi connectivity index (χ0n) is 12.0. The lowest BCUT2D eigenvalue weighted by molar-refractivity contribution is 0.628. The summed E-state index contributed by atoms with van der Waals surface area (Å²) in [4.78, 5) is 2.45. The van der Waals surface area contributed by atoms with Crippen LogP contribution in [-0.2, 0) is 5.75 Å². The second-order valence-corrected chi connectivity index (χ2v) is 8.22. The summed E-state index contributed by atoms with van der Waals surface area (Å²) >= 11 is 5.91. The van der Waals surface area contributed by atoms with E-state index < -0.39 is 0 Å². The molecule has 0 saturated heterocycles. The Bertz CT molecular complexity index is 778. The van der Waals surface area contributed by atoms with Gasteiger partial charge in [0, 0.05) is 24.5 Å². The predicted molar refractivity (Wildman–Crippen MR) is 103 cm³/mol. The third-order valence-corrected chi connectivity index (χ3v) is 6.23. The predicted octanol–water partition coefficient (Wildman–Crippen LogP) is 6.76. The first kappa shape index (κ1) is 16.0. The minimum absolute atomic E-state index is 0.191. The monoisotopic (exact) mass is 440 g/mol. The Kier molecular flexibility index (Phi) is 5.21. The first-order chi connectivity index (χ1) is 10.6. The Morgan fingerprint density at radius 2 is 1.86 bits per heavy atom. The van der Waals surface area contributed by atoms with Gasteiger partial charge in [0.05, 0.1) is 0 Å². The van der Waals surface area contributed by atoms with Crippen molar-refractivity contribution in [3.05, 3.63) is 74.4 Å². The van der Waals surface area contributed by atoms with Crippen molar-refractivity contribution in [1.82, 2.24) is 0 Å². The van der Waals surface area contributed by atoms with E-state index in [0.29, 0.717) is 0 Å². The van der Waals surface area contributed by atoms with Crippen molar-refractivity contribution in [2.24, 2.45) is 0 Å². The molecular formula is C18H14FIS2. The molecule has 0 N–H and O–H groups in total. The number of aryl methyl sites for hydroxylation is 1. The van der Waals surface area contributed by atoms with Crippen LogP contribution in [0.2, 0.25) is 0 Å². The largest absolute Gasteiger partial charge is 0.207 e. The highest BCUT2D eigenvalue weighted by Gasteiger charge is 2.05. The smallest absolute Gasteiger partial charge is 0.123 e. The fourth-order valence-corrected chi connectivity index (χ4v) is 4.78. The summed E-state index contributed by atoms with van der Waals surface area (Å²) in [7, 11) is 0. The Morgan fingerprint density at radius 1 is 1.09 bits per heavy atom. The molecule has 0 atom stereocenters. The Hall–Kier alpha value is -0.850. The van der Waals surface area contributed by atoms with Gasteiger partial charge in [0.1, 0.15) is 5.82 Å². The Labute approximate surface area is 151 Å². The summed E-state index contributed by atoms with van der Waals surface area (Å²) in [5, 5.41) is 2.17. The van der Waals surface area contributed by atoms with Gasteiger partial charge >= 0.3 is 0 Å². The normalized spacial score (nSPS) is 10.9. The van der Waals surface area contributed by atoms with Gasteiger partial charge in [-0.1, -0.05) is 18.2 Å². The molecule has 0 aliphatic rings. The molecule has 0 fully saturated rings. The van der Waals surface area contributed by atoms with Crippen molar-refractivity contribution in [2.75, 3.05) is 0 Å². The molecule has 0 saturated carbocycles. The highest BCUT2D eigenvalue weighted by molar-refractivity contribution is 14.1. The number of hydrogen-bond donors (Lipinski definition) is 0. The molecule has 0 nitrogen and oxygen atoms in total. The number of hydrogen-bond acceptors (Lipinski definition) is 2. The lowest BCUT2D eigenvalue weighted by Crippen LogP contribution is -1.87. The summed E-state index contributed by atoms with van der Waals surface area (Å²) in [5.74, 6) is 0.784. The van der Waals surface area contributed by atoms with Crippen molar-refractivity contribution in [2.45, 2.75) is 17.6 Å². The average molecular weight is 440 g/mol. The fourth-order valence-electron chi connectivity index (χ4n) is 2.12. The van der Waals surface area contributed by atoms with Gasteiger partial charge in [0.2, 0.25) is 0 Å². The fraction of sp³-hybridized carbons (Fsp3) is 0.111. The second kappa shape index (κ2) is 7.15. The number of thioether (sulfide) groups is 1. The van der Waals surface area contributed by atoms with E-state index in [-0.39, 0.29) is 5.82 Å². The summed E-state index contributed by atoms with van der Waals surface area (Å²) in [6.07, 6.45) is 0. The zero-order chi connectivity index (χ0) is 15.5. The molecule has 0 aliphatic heterocycles. The number of halogens is 2. The van der Waals surface area contributed by atoms with Crippen LogP contribution in [-0.4, -0.2) is 0 Å². The third kappa shape index (κ3) is 3.91. The minimum atomic E-state index is -0.191. The number of thiophene rings is 1. The van der Waals surface area contributed by atoms with E-state index in [2.05, 4.69) is 59.2 Å². The van der Waals surface area contributed by atoms with E-state index in [4.69, 9.17) is 0 Å². The minimum Gasteiger partial charge on any atom is -0.207 e. The number of benzene rings is 2. The van der Waals surface area contributed by atoms with Crippen LogP contribution in [0, 0.1) is 16.3 Å². The summed E-state index contributed by atoms with van der Waals surface area (Å²) in [6.45, 7) is 2.16. The Morgan fingerprint density at radius 3 is 2.64 bits per heavy atom. The molecule has 112 valence electrons. The topological polar surface area (TPSA) is 0 Å². The van der Waals surface area contributed by atoms with Crippen LogP contribution in [0.15, 0.2) is 58.8 Å². The lowest BCUT2D eigenvalue weighted by atomic mass is 10.1. The van der Waals surface area contributed by atoms with Crippen molar-refractivity contribution >= 4 is 45.7 Å². The third-order valence-electron chi connectivity index (χ3n) is 3.41. The van der Waals surface area contributed by atoms with Crippen LogP contribution in [0.3, 0.4) is 0 Å². The molecule has 0 aliphatic carbocycles. The van der Waals surface area contributed by atoms with Crippen molar-refractivity contribution in [3.8, 4) is 10.4 Å². The van der Waals surface area contributed by atoms with Crippen molar-refractivity contribution in [3.63, 3.8) is 0 Å². The SMILES string of the molecule is Cc1ccc(I)cc1CSc1csc(-c2ccc(F)cc2)c1. The van der Waals surface area contributed by atoms with Crippen LogP contribution >= 0.6 is 45.7 Å². The lowest BCUT2D eigenvalue weighted by Gasteiger charge is -2.05. The van der Waals surface area contributed by atoms with E-state index in [0.717, 1.165) is 11.3 Å². The molecule has 0 amide bonds. The Balaban J connectivity index is 1.72. The molecule has 22 heavy (non-hydrogen) atoms. The van der Waals surface area contributed by atoms with Gasteiger partial charge in [-0.2, -0.15) is 0 Å². The molecule has 1 heterocycles. The molecule has 0 unspecified atom stereocenters. The molecule has 4 heteroatoms. The standard InChI is InChI=1S/C18H14FIS2/c1-12-2-7-16(20)8-14(12)10-21-17-9-18(22-11-17)13-3-5-15(19)6-4-13/h2-9,11H,10H2,1H3. The maximum Gasteiger partial charge on any atom is 0.123 e. The van der Waals surface area contributed by atoms with Gasteiger partial charge < -0.3 is 0 Å². The van der Waals surface area contributed by atoms with Gasteiger partial charge in [-0.15, -0.1) is 23.1 Å². The molecule has 2 aromatic carbocycles. The molecule has 1 aromatic heterocycles. The molecular weight excluding hydrogens is 426 g/mol. The molecule has 0 spiro atoms. The average Bonchev–Trinajstić information content (AvgIpc) is 2.98. The van der Waals surface area contributed by atoms with E-state index in [1.807, 2.05) is 23.9 Å². The van der Waals surface area contributed by atoms with Gasteiger partial charge in [-0.3, -0.25) is 0 Å². The number of rotatable bonds is 4. The quantitative estimate of drug-likeness (QED) is 0.319. The van der Waals surface area contributed by atoms with Crippen molar-refractivity contribution in [1.29, 1.82) is 0 Å². The van der Waals surface area contributed by atoms with Crippen LogP contribution < -0.4 is 0 Å². The maximum absolute atomic E-state index is 13.0. The second-order valence-electron chi connectivity index (χ2n) is 5.01. The van der Waals surface area contributed by atoms with Gasteiger partial charge in [0.15, 0.2) is 0 Å². The summed E-state index contributed by atoms with van der Waals surface area (Å²) in [5.41, 5.74) is 3.79. The van der Waals surface area contributed by atoms with Crippen molar-refractivity contribution < 1.29 is 4.39 Å². The van der Waals surface area contributed by atoms with Gasteiger partial charge in [0.25, 0.3) is 0 Å². The van der Waals surface area contributed by atoms with Crippen LogP contribution in [0.25, 0.3) is 10.4 Å². The van der Waals surface area contributed by atoms with E-state index in [1.165, 1.54) is 36.6 Å². The van der Waals surface area contributed by atoms with E-state index >= 15 is 0 Å². The molecule has 0 radical (unpaired) electrons. The molecule has 3 aromatic rings. The first-order valence-corrected chi connectivity index (χ1v) is 9.78. The summed E-state index contributed by atoms with van der Waals surface area (Å²) in [6, 6.07) is 15.4. The van der Waals surface area contributed by atoms with Gasteiger partial charge in [-0.05, 0) is 76.5 Å². The first-order valence-electron chi connectivity index (χ1n) is 6.84. The van der Waals surface area contributed by atoms with E-state index in [1.54, 1.807) is 11.3 Å². The highest BCUT2D eigenvalue weighted by atomic mass is 127. The van der Waals surface area contributed by atoms with Crippen LogP contribution in [0.4, 0.5) is 4.39 Å². The highest BCUT2D eigenvalue weighted by Crippen LogP contribution is 2.34. The van der Waals surface area contributed by atoms with Crippen LogP contribution in [0.5, 0.6) is 0 Å².